The third-order valence-corrected chi connectivity index (χ3v) is 4.18. The van der Waals surface area contributed by atoms with E-state index >= 15 is 0 Å². The van der Waals surface area contributed by atoms with Crippen molar-refractivity contribution in [2.45, 2.75) is 13.0 Å². The highest BCUT2D eigenvalue weighted by atomic mass is 16.6. The maximum Gasteiger partial charge on any atom is 0.368 e. The molecule has 0 aliphatic carbocycles. The number of nitrogens with one attached hydrogen (secondary N) is 1. The maximum absolute atomic E-state index is 11.0. The van der Waals surface area contributed by atoms with Crippen LogP contribution in [0, 0.1) is 10.1 Å². The summed E-state index contributed by atoms with van der Waals surface area (Å²) in [6.07, 6.45) is 5.65. The summed E-state index contributed by atoms with van der Waals surface area (Å²) in [5.74, 6) is 1.35. The van der Waals surface area contributed by atoms with Crippen molar-refractivity contribution in [2.24, 2.45) is 0 Å². The molecule has 0 aliphatic rings. The Balaban J connectivity index is 1.42. The standard InChI is InChI=1S/C18H17N7O2/c26-25(27)18-12-21-17-7-6-15(22-24(17)18)19-9-8-16-20-10-11-23(16)13-14-4-2-1-3-5-14/h1-7,10-12H,8-9,13H2,(H,19,22). The first-order chi connectivity index (χ1) is 13.2. The molecule has 3 heterocycles. The summed E-state index contributed by atoms with van der Waals surface area (Å²) >= 11 is 0. The molecule has 0 unspecified atom stereocenters. The van der Waals surface area contributed by atoms with Gasteiger partial charge in [-0.25, -0.2) is 9.97 Å². The van der Waals surface area contributed by atoms with Crippen LogP contribution in [0.3, 0.4) is 0 Å². The first-order valence-corrected chi connectivity index (χ1v) is 8.48. The van der Waals surface area contributed by atoms with Crippen molar-refractivity contribution in [1.82, 2.24) is 24.1 Å². The quantitative estimate of drug-likeness (QED) is 0.400. The number of imidazole rings is 2. The fraction of sp³-hybridized carbons (Fsp3) is 0.167. The Morgan fingerprint density at radius 2 is 1.96 bits per heavy atom. The molecule has 136 valence electrons. The van der Waals surface area contributed by atoms with Crippen LogP contribution in [0.5, 0.6) is 0 Å². The molecule has 9 nitrogen and oxygen atoms in total. The summed E-state index contributed by atoms with van der Waals surface area (Å²) < 4.78 is 3.33. The lowest BCUT2D eigenvalue weighted by Gasteiger charge is -2.09. The van der Waals surface area contributed by atoms with E-state index in [1.165, 1.54) is 16.3 Å². The van der Waals surface area contributed by atoms with Crippen LogP contribution >= 0.6 is 0 Å². The van der Waals surface area contributed by atoms with Crippen LogP contribution in [-0.2, 0) is 13.0 Å². The molecule has 0 spiro atoms. The highest BCUT2D eigenvalue weighted by Gasteiger charge is 2.15. The molecule has 4 rings (SSSR count). The normalized spacial score (nSPS) is 11.0. The van der Waals surface area contributed by atoms with Gasteiger partial charge in [-0.05, 0) is 16.6 Å². The van der Waals surface area contributed by atoms with E-state index in [9.17, 15) is 10.1 Å². The monoisotopic (exact) mass is 363 g/mol. The van der Waals surface area contributed by atoms with E-state index in [2.05, 4.69) is 37.1 Å². The van der Waals surface area contributed by atoms with Crippen molar-refractivity contribution < 1.29 is 4.92 Å². The number of fused-ring (bicyclic) bond motifs is 1. The number of aromatic nitrogens is 5. The zero-order valence-corrected chi connectivity index (χ0v) is 14.4. The Morgan fingerprint density at radius 1 is 1.11 bits per heavy atom. The van der Waals surface area contributed by atoms with Gasteiger partial charge in [0.1, 0.15) is 12.0 Å². The molecule has 27 heavy (non-hydrogen) atoms. The second-order valence-corrected chi connectivity index (χ2v) is 6.00. The van der Waals surface area contributed by atoms with Gasteiger partial charge in [0.15, 0.2) is 5.82 Å². The maximum atomic E-state index is 11.0. The number of benzene rings is 1. The van der Waals surface area contributed by atoms with E-state index < -0.39 is 4.92 Å². The lowest BCUT2D eigenvalue weighted by atomic mass is 10.2. The Kier molecular flexibility index (Phi) is 4.48. The average Bonchev–Trinajstić information content (AvgIpc) is 3.29. The molecule has 0 radical (unpaired) electrons. The SMILES string of the molecule is O=[N+]([O-])c1cnc2ccc(NCCc3nccn3Cc3ccccc3)nn12. The minimum atomic E-state index is -0.503. The van der Waals surface area contributed by atoms with Gasteiger partial charge in [0.05, 0.1) is 0 Å². The summed E-state index contributed by atoms with van der Waals surface area (Å²) in [4.78, 5) is 18.9. The number of hydrogen-bond acceptors (Lipinski definition) is 6. The fourth-order valence-electron chi connectivity index (χ4n) is 2.87. The average molecular weight is 363 g/mol. The second-order valence-electron chi connectivity index (χ2n) is 6.00. The molecule has 9 heteroatoms. The van der Waals surface area contributed by atoms with Crippen molar-refractivity contribution in [3.8, 4) is 0 Å². The van der Waals surface area contributed by atoms with Crippen LogP contribution in [0.1, 0.15) is 11.4 Å². The Morgan fingerprint density at radius 3 is 2.78 bits per heavy atom. The zero-order valence-electron chi connectivity index (χ0n) is 14.4. The molecule has 0 amide bonds. The van der Waals surface area contributed by atoms with Crippen LogP contribution in [0.25, 0.3) is 5.65 Å². The number of nitro groups is 1. The van der Waals surface area contributed by atoms with Crippen molar-refractivity contribution in [3.63, 3.8) is 0 Å². The molecule has 0 saturated heterocycles. The Labute approximate surface area is 154 Å². The van der Waals surface area contributed by atoms with Crippen molar-refractivity contribution in [2.75, 3.05) is 11.9 Å². The molecule has 1 N–H and O–H groups in total. The molecule has 0 saturated carbocycles. The van der Waals surface area contributed by atoms with E-state index in [1.807, 2.05) is 24.4 Å². The molecular weight excluding hydrogens is 346 g/mol. The molecule has 0 bridgehead atoms. The fourth-order valence-corrected chi connectivity index (χ4v) is 2.87. The molecule has 3 aromatic heterocycles. The van der Waals surface area contributed by atoms with Gasteiger partial charge < -0.3 is 20.0 Å². The van der Waals surface area contributed by atoms with Gasteiger partial charge in [-0.3, -0.25) is 0 Å². The topological polar surface area (TPSA) is 103 Å². The number of hydrogen-bond donors (Lipinski definition) is 1. The second kappa shape index (κ2) is 7.24. The summed E-state index contributed by atoms with van der Waals surface area (Å²) in [5.41, 5.74) is 1.65. The summed E-state index contributed by atoms with van der Waals surface area (Å²) in [6.45, 7) is 1.37. The van der Waals surface area contributed by atoms with Crippen LogP contribution in [0.4, 0.5) is 11.6 Å². The van der Waals surface area contributed by atoms with Gasteiger partial charge in [0.25, 0.3) is 0 Å². The van der Waals surface area contributed by atoms with Crippen LogP contribution in [0.15, 0.2) is 61.1 Å². The highest BCUT2D eigenvalue weighted by molar-refractivity contribution is 5.48. The van der Waals surface area contributed by atoms with E-state index in [0.717, 1.165) is 12.4 Å². The molecule has 0 aliphatic heterocycles. The lowest BCUT2D eigenvalue weighted by Crippen LogP contribution is -2.12. The number of nitrogens with zero attached hydrogens (tertiary/aromatic N) is 6. The van der Waals surface area contributed by atoms with Gasteiger partial charge >= 0.3 is 5.82 Å². The summed E-state index contributed by atoms with van der Waals surface area (Å²) in [5, 5.41) is 18.4. The largest absolute Gasteiger partial charge is 0.368 e. The first kappa shape index (κ1) is 16.7. The molecular formula is C18H17N7O2. The predicted octanol–water partition coefficient (Wildman–Crippen LogP) is 2.54. The van der Waals surface area contributed by atoms with Crippen molar-refractivity contribution in [3.05, 3.63) is 82.6 Å². The predicted molar refractivity (Wildman–Crippen MR) is 99.6 cm³/mol. The van der Waals surface area contributed by atoms with Gasteiger partial charge in [0, 0.05) is 38.0 Å². The van der Waals surface area contributed by atoms with E-state index in [-0.39, 0.29) is 5.82 Å². The minimum Gasteiger partial charge on any atom is -0.367 e. The van der Waals surface area contributed by atoms with E-state index in [0.29, 0.717) is 24.4 Å². The van der Waals surface area contributed by atoms with Crippen LogP contribution in [-0.4, -0.2) is 35.6 Å². The van der Waals surface area contributed by atoms with Gasteiger partial charge in [-0.15, -0.1) is 0 Å². The Hall–Kier alpha value is -3.75. The van der Waals surface area contributed by atoms with E-state index in [4.69, 9.17) is 0 Å². The van der Waals surface area contributed by atoms with Gasteiger partial charge in [-0.1, -0.05) is 39.9 Å². The van der Waals surface area contributed by atoms with Crippen LogP contribution < -0.4 is 5.32 Å². The Bertz CT molecular complexity index is 1070. The van der Waals surface area contributed by atoms with Crippen LogP contribution in [0.2, 0.25) is 0 Å². The number of anilines is 1. The molecule has 4 aromatic rings. The van der Waals surface area contributed by atoms with Crippen molar-refractivity contribution >= 4 is 17.3 Å². The molecule has 0 fully saturated rings. The number of rotatable bonds is 7. The smallest absolute Gasteiger partial charge is 0.367 e. The van der Waals surface area contributed by atoms with Gasteiger partial charge in [0.2, 0.25) is 5.65 Å². The summed E-state index contributed by atoms with van der Waals surface area (Å²) in [6, 6.07) is 13.6. The minimum absolute atomic E-state index is 0.160. The third-order valence-electron chi connectivity index (χ3n) is 4.18. The third kappa shape index (κ3) is 3.61. The van der Waals surface area contributed by atoms with E-state index in [1.54, 1.807) is 18.3 Å². The summed E-state index contributed by atoms with van der Waals surface area (Å²) in [7, 11) is 0. The van der Waals surface area contributed by atoms with Gasteiger partial charge in [-0.2, -0.15) is 0 Å². The first-order valence-electron chi connectivity index (χ1n) is 8.48. The molecule has 1 aromatic carbocycles. The lowest BCUT2D eigenvalue weighted by molar-refractivity contribution is -0.391. The van der Waals surface area contributed by atoms with Crippen molar-refractivity contribution in [1.29, 1.82) is 0 Å². The zero-order chi connectivity index (χ0) is 18.6. The molecule has 0 atom stereocenters. The highest BCUT2D eigenvalue weighted by Crippen LogP contribution is 2.14.